The Morgan fingerprint density at radius 2 is 2.13 bits per heavy atom. The molecule has 23 heavy (non-hydrogen) atoms. The standard InChI is InChI=1S/C19H28N2O2/c1-13-7-3-6-10-18(13)23-14(2)12-20-19(22)17-11-15-8-4-5-9-16(15)21-17/h3,6-7,10,14-17,21H,4-5,8-9,11-12H2,1-2H3,(H,20,22). The van der Waals surface area contributed by atoms with Crippen molar-refractivity contribution in [2.24, 2.45) is 5.92 Å². The molecule has 4 unspecified atom stereocenters. The van der Waals surface area contributed by atoms with Gasteiger partial charge in [0.2, 0.25) is 5.91 Å². The first-order valence-electron chi connectivity index (χ1n) is 8.89. The molecule has 3 rings (SSSR count). The van der Waals surface area contributed by atoms with Crippen LogP contribution in [0, 0.1) is 12.8 Å². The Kier molecular flexibility index (Phi) is 5.21. The van der Waals surface area contributed by atoms with Crippen LogP contribution in [0.15, 0.2) is 24.3 Å². The molecule has 1 heterocycles. The van der Waals surface area contributed by atoms with E-state index in [1.54, 1.807) is 0 Å². The Morgan fingerprint density at radius 1 is 1.35 bits per heavy atom. The van der Waals surface area contributed by atoms with E-state index in [0.29, 0.717) is 18.5 Å². The minimum Gasteiger partial charge on any atom is -0.489 e. The second-order valence-electron chi connectivity index (χ2n) is 7.05. The number of benzene rings is 1. The van der Waals surface area contributed by atoms with Gasteiger partial charge in [-0.3, -0.25) is 4.79 Å². The Morgan fingerprint density at radius 3 is 2.91 bits per heavy atom. The van der Waals surface area contributed by atoms with Gasteiger partial charge < -0.3 is 15.4 Å². The third-order valence-electron chi connectivity index (χ3n) is 5.16. The fourth-order valence-electron chi connectivity index (χ4n) is 3.84. The van der Waals surface area contributed by atoms with E-state index in [9.17, 15) is 4.79 Å². The van der Waals surface area contributed by atoms with Crippen LogP contribution in [-0.2, 0) is 4.79 Å². The maximum absolute atomic E-state index is 12.4. The third-order valence-corrected chi connectivity index (χ3v) is 5.16. The SMILES string of the molecule is Cc1ccccc1OC(C)CNC(=O)C1CC2CCCCC2N1. The summed E-state index contributed by atoms with van der Waals surface area (Å²) in [5.74, 6) is 1.71. The molecule has 1 saturated heterocycles. The Hall–Kier alpha value is -1.55. The largest absolute Gasteiger partial charge is 0.489 e. The highest BCUT2D eigenvalue weighted by atomic mass is 16.5. The highest BCUT2D eigenvalue weighted by molar-refractivity contribution is 5.82. The van der Waals surface area contributed by atoms with Gasteiger partial charge in [0, 0.05) is 6.04 Å². The summed E-state index contributed by atoms with van der Waals surface area (Å²) in [6.45, 7) is 4.57. The lowest BCUT2D eigenvalue weighted by molar-refractivity contribution is -0.123. The van der Waals surface area contributed by atoms with Gasteiger partial charge in [0.1, 0.15) is 11.9 Å². The summed E-state index contributed by atoms with van der Waals surface area (Å²) in [7, 11) is 0. The zero-order chi connectivity index (χ0) is 16.2. The first kappa shape index (κ1) is 16.3. The van der Waals surface area contributed by atoms with Crippen molar-refractivity contribution in [2.75, 3.05) is 6.54 Å². The molecule has 4 nitrogen and oxygen atoms in total. The summed E-state index contributed by atoms with van der Waals surface area (Å²) < 4.78 is 5.92. The number of rotatable bonds is 5. The summed E-state index contributed by atoms with van der Waals surface area (Å²) in [5.41, 5.74) is 1.12. The first-order chi connectivity index (χ1) is 11.1. The quantitative estimate of drug-likeness (QED) is 0.878. The number of carbonyl (C=O) groups is 1. The maximum Gasteiger partial charge on any atom is 0.237 e. The van der Waals surface area contributed by atoms with Crippen molar-refractivity contribution in [3.63, 3.8) is 0 Å². The number of para-hydroxylation sites is 1. The van der Waals surface area contributed by atoms with E-state index in [-0.39, 0.29) is 18.1 Å². The topological polar surface area (TPSA) is 50.4 Å². The molecule has 126 valence electrons. The molecule has 2 aliphatic rings. The van der Waals surface area contributed by atoms with Crippen LogP contribution in [0.5, 0.6) is 5.75 Å². The molecule has 2 fully saturated rings. The van der Waals surface area contributed by atoms with Gasteiger partial charge in [-0.05, 0) is 50.7 Å². The van der Waals surface area contributed by atoms with E-state index in [1.165, 1.54) is 25.7 Å². The average molecular weight is 316 g/mol. The zero-order valence-corrected chi connectivity index (χ0v) is 14.2. The molecule has 0 aromatic heterocycles. The van der Waals surface area contributed by atoms with Gasteiger partial charge >= 0.3 is 0 Å². The smallest absolute Gasteiger partial charge is 0.237 e. The highest BCUT2D eigenvalue weighted by Gasteiger charge is 2.38. The number of ether oxygens (including phenoxy) is 1. The van der Waals surface area contributed by atoms with E-state index in [4.69, 9.17) is 4.74 Å². The van der Waals surface area contributed by atoms with Gasteiger partial charge in [0.05, 0.1) is 12.6 Å². The van der Waals surface area contributed by atoms with Gasteiger partial charge in [0.25, 0.3) is 0 Å². The van der Waals surface area contributed by atoms with Crippen molar-refractivity contribution in [3.8, 4) is 5.75 Å². The molecular weight excluding hydrogens is 288 g/mol. The zero-order valence-electron chi connectivity index (χ0n) is 14.2. The molecule has 4 heteroatoms. The van der Waals surface area contributed by atoms with Gasteiger partial charge in [0.15, 0.2) is 0 Å². The first-order valence-corrected chi connectivity index (χ1v) is 8.89. The van der Waals surface area contributed by atoms with Gasteiger partial charge in [-0.25, -0.2) is 0 Å². The summed E-state index contributed by atoms with van der Waals surface area (Å²) >= 11 is 0. The summed E-state index contributed by atoms with van der Waals surface area (Å²) in [6, 6.07) is 8.51. The lowest BCUT2D eigenvalue weighted by Gasteiger charge is -2.24. The molecule has 0 spiro atoms. The highest BCUT2D eigenvalue weighted by Crippen LogP contribution is 2.33. The molecule has 1 aromatic rings. The Bertz CT molecular complexity index is 532. The number of hydrogen-bond donors (Lipinski definition) is 2. The molecule has 1 aliphatic heterocycles. The second kappa shape index (κ2) is 7.35. The van der Waals surface area contributed by atoms with Crippen LogP contribution in [0.1, 0.15) is 44.6 Å². The fraction of sp³-hybridized carbons (Fsp3) is 0.632. The van der Waals surface area contributed by atoms with Crippen LogP contribution in [0.4, 0.5) is 0 Å². The maximum atomic E-state index is 12.4. The molecule has 1 aromatic carbocycles. The lowest BCUT2D eigenvalue weighted by Crippen LogP contribution is -2.45. The van der Waals surface area contributed by atoms with Gasteiger partial charge in [-0.1, -0.05) is 31.0 Å². The number of carbonyl (C=O) groups excluding carboxylic acids is 1. The van der Waals surface area contributed by atoms with Crippen molar-refractivity contribution in [1.29, 1.82) is 0 Å². The van der Waals surface area contributed by atoms with Crippen LogP contribution in [-0.4, -0.2) is 30.6 Å². The third kappa shape index (κ3) is 4.05. The summed E-state index contributed by atoms with van der Waals surface area (Å²) in [6.07, 6.45) is 6.06. The number of amides is 1. The normalized spacial score (nSPS) is 28.0. The van der Waals surface area contributed by atoms with Gasteiger partial charge in [-0.15, -0.1) is 0 Å². The van der Waals surface area contributed by atoms with Crippen molar-refractivity contribution in [2.45, 2.75) is 64.1 Å². The summed E-state index contributed by atoms with van der Waals surface area (Å²) in [5, 5.41) is 6.57. The monoisotopic (exact) mass is 316 g/mol. The Balaban J connectivity index is 1.45. The number of hydrogen-bond acceptors (Lipinski definition) is 3. The number of aryl methyl sites for hydroxylation is 1. The van der Waals surface area contributed by atoms with Crippen LogP contribution < -0.4 is 15.4 Å². The number of fused-ring (bicyclic) bond motifs is 1. The van der Waals surface area contributed by atoms with E-state index >= 15 is 0 Å². The molecule has 0 radical (unpaired) electrons. The lowest BCUT2D eigenvalue weighted by atomic mass is 9.85. The number of nitrogens with one attached hydrogen (secondary N) is 2. The van der Waals surface area contributed by atoms with Crippen molar-refractivity contribution in [1.82, 2.24) is 10.6 Å². The van der Waals surface area contributed by atoms with E-state index in [0.717, 1.165) is 17.7 Å². The van der Waals surface area contributed by atoms with Crippen LogP contribution >= 0.6 is 0 Å². The molecule has 0 bridgehead atoms. The Labute approximate surface area is 139 Å². The molecule has 1 saturated carbocycles. The van der Waals surface area contributed by atoms with Crippen molar-refractivity contribution >= 4 is 5.91 Å². The fourth-order valence-corrected chi connectivity index (χ4v) is 3.84. The van der Waals surface area contributed by atoms with Crippen LogP contribution in [0.3, 0.4) is 0 Å². The average Bonchev–Trinajstić information content (AvgIpc) is 2.99. The second-order valence-corrected chi connectivity index (χ2v) is 7.05. The van der Waals surface area contributed by atoms with E-state index in [1.807, 2.05) is 38.1 Å². The molecule has 4 atom stereocenters. The molecular formula is C19H28N2O2. The summed E-state index contributed by atoms with van der Waals surface area (Å²) in [4.78, 5) is 12.4. The minimum atomic E-state index is -0.0382. The molecule has 1 aliphatic carbocycles. The van der Waals surface area contributed by atoms with Crippen LogP contribution in [0.25, 0.3) is 0 Å². The minimum absolute atomic E-state index is 0.0197. The van der Waals surface area contributed by atoms with E-state index < -0.39 is 0 Å². The predicted molar refractivity (Wildman–Crippen MR) is 91.6 cm³/mol. The predicted octanol–water partition coefficient (Wildman–Crippen LogP) is 2.80. The van der Waals surface area contributed by atoms with Gasteiger partial charge in [-0.2, -0.15) is 0 Å². The van der Waals surface area contributed by atoms with E-state index in [2.05, 4.69) is 10.6 Å². The molecule has 2 N–H and O–H groups in total. The van der Waals surface area contributed by atoms with Crippen molar-refractivity contribution in [3.05, 3.63) is 29.8 Å². The molecule has 1 amide bonds. The van der Waals surface area contributed by atoms with Crippen molar-refractivity contribution < 1.29 is 9.53 Å². The van der Waals surface area contributed by atoms with Crippen LogP contribution in [0.2, 0.25) is 0 Å².